The average Bonchev–Trinajstić information content (AvgIpc) is 3.36. The van der Waals surface area contributed by atoms with Crippen LogP contribution in [-0.4, -0.2) is 34.3 Å². The van der Waals surface area contributed by atoms with E-state index >= 15 is 0 Å². The van der Waals surface area contributed by atoms with Crippen molar-refractivity contribution in [2.75, 3.05) is 0 Å². The van der Waals surface area contributed by atoms with Crippen LogP contribution in [0, 0.1) is 11.7 Å². The fourth-order valence-corrected chi connectivity index (χ4v) is 3.46. The summed E-state index contributed by atoms with van der Waals surface area (Å²) in [5.74, 6) is 0.769. The third kappa shape index (κ3) is 3.65. The Hall–Kier alpha value is -2.52. The highest BCUT2D eigenvalue weighted by molar-refractivity contribution is 9.10. The number of aryl methyl sites for hydroxylation is 1. The minimum absolute atomic E-state index is 0.0929. The molecule has 0 radical (unpaired) electrons. The quantitative estimate of drug-likeness (QED) is 0.472. The van der Waals surface area contributed by atoms with Crippen molar-refractivity contribution < 1.29 is 0 Å². The Labute approximate surface area is 169 Å². The van der Waals surface area contributed by atoms with Crippen molar-refractivity contribution in [1.82, 2.24) is 34.3 Å². The molecule has 9 heteroatoms. The van der Waals surface area contributed by atoms with Crippen molar-refractivity contribution >= 4 is 28.1 Å². The van der Waals surface area contributed by atoms with Gasteiger partial charge in [0.2, 0.25) is 0 Å². The van der Waals surface area contributed by atoms with E-state index in [4.69, 9.17) is 12.2 Å². The van der Waals surface area contributed by atoms with Gasteiger partial charge in [-0.25, -0.2) is 0 Å². The maximum absolute atomic E-state index is 5.45. The van der Waals surface area contributed by atoms with Crippen LogP contribution in [0.15, 0.2) is 53.5 Å². The molecular formula is C18H18BrN7S. The van der Waals surface area contributed by atoms with Crippen LogP contribution in [0.3, 0.4) is 0 Å². The molecular weight excluding hydrogens is 426 g/mol. The van der Waals surface area contributed by atoms with Crippen LogP contribution in [-0.2, 0) is 6.54 Å². The molecule has 0 aliphatic carbocycles. The van der Waals surface area contributed by atoms with Crippen molar-refractivity contribution in [3.63, 3.8) is 0 Å². The number of nitrogens with one attached hydrogen (secondary N) is 1. The predicted molar refractivity (Wildman–Crippen MR) is 109 cm³/mol. The average molecular weight is 444 g/mol. The lowest BCUT2D eigenvalue weighted by atomic mass is 10.1. The summed E-state index contributed by atoms with van der Waals surface area (Å²) in [6, 6.07) is 8.35. The first-order chi connectivity index (χ1) is 13.0. The van der Waals surface area contributed by atoms with Crippen LogP contribution in [0.25, 0.3) is 5.69 Å². The molecule has 7 nitrogen and oxygen atoms in total. The lowest BCUT2D eigenvalue weighted by Crippen LogP contribution is -2.13. The maximum Gasteiger partial charge on any atom is 0.200 e. The van der Waals surface area contributed by atoms with E-state index in [-0.39, 0.29) is 6.04 Å². The third-order valence-corrected chi connectivity index (χ3v) is 5.07. The first-order valence-electron chi connectivity index (χ1n) is 8.46. The van der Waals surface area contributed by atoms with E-state index in [9.17, 15) is 0 Å². The number of hydrogen-bond acceptors (Lipinski definition) is 4. The van der Waals surface area contributed by atoms with E-state index in [1.807, 2.05) is 33.2 Å². The van der Waals surface area contributed by atoms with Crippen molar-refractivity contribution in [2.24, 2.45) is 0 Å². The van der Waals surface area contributed by atoms with Crippen molar-refractivity contribution in [3.05, 3.63) is 75.2 Å². The zero-order valence-corrected chi connectivity index (χ0v) is 17.3. The molecule has 0 amide bonds. The lowest BCUT2D eigenvalue weighted by Gasteiger charge is -2.12. The SMILES string of the molecule is Cc1ccc(Cn2cc(-n3c([C@@H](C)n4cc(Br)cn4)n[nH]c3=S)cn2)cc1. The van der Waals surface area contributed by atoms with Gasteiger partial charge in [-0.05, 0) is 47.6 Å². The zero-order valence-electron chi connectivity index (χ0n) is 14.9. The van der Waals surface area contributed by atoms with E-state index in [1.165, 1.54) is 11.1 Å². The largest absolute Gasteiger partial charge is 0.267 e. The number of hydrogen-bond donors (Lipinski definition) is 1. The molecule has 3 heterocycles. The van der Waals surface area contributed by atoms with Crippen LogP contribution in [0.4, 0.5) is 0 Å². The molecule has 0 unspecified atom stereocenters. The normalized spacial score (nSPS) is 12.4. The van der Waals surface area contributed by atoms with E-state index in [0.717, 1.165) is 16.0 Å². The monoisotopic (exact) mass is 443 g/mol. The van der Waals surface area contributed by atoms with Gasteiger partial charge in [-0.2, -0.15) is 15.3 Å². The summed E-state index contributed by atoms with van der Waals surface area (Å²) in [6.45, 7) is 4.80. The minimum Gasteiger partial charge on any atom is -0.267 e. The third-order valence-electron chi connectivity index (χ3n) is 4.38. The van der Waals surface area contributed by atoms with Gasteiger partial charge in [0.1, 0.15) is 6.04 Å². The number of rotatable bonds is 5. The smallest absolute Gasteiger partial charge is 0.200 e. The van der Waals surface area contributed by atoms with Crippen LogP contribution in [0.5, 0.6) is 0 Å². The number of aromatic amines is 1. The Kier molecular flexibility index (Phi) is 4.79. The predicted octanol–water partition coefficient (Wildman–Crippen LogP) is 4.05. The molecule has 27 heavy (non-hydrogen) atoms. The van der Waals surface area contributed by atoms with Crippen LogP contribution < -0.4 is 0 Å². The van der Waals surface area contributed by atoms with E-state index in [1.54, 1.807) is 12.4 Å². The summed E-state index contributed by atoms with van der Waals surface area (Å²) in [5.41, 5.74) is 3.31. The molecule has 0 spiro atoms. The van der Waals surface area contributed by atoms with Gasteiger partial charge in [-0.3, -0.25) is 19.0 Å². The molecule has 0 saturated carbocycles. The number of benzene rings is 1. The molecule has 138 valence electrons. The minimum atomic E-state index is -0.0929. The topological polar surface area (TPSA) is 69.2 Å². The first-order valence-corrected chi connectivity index (χ1v) is 9.67. The van der Waals surface area contributed by atoms with Crippen molar-refractivity contribution in [3.8, 4) is 5.69 Å². The van der Waals surface area contributed by atoms with Gasteiger partial charge >= 0.3 is 0 Å². The zero-order chi connectivity index (χ0) is 19.0. The number of aromatic nitrogens is 7. The first kappa shape index (κ1) is 17.9. The Bertz CT molecular complexity index is 1120. The molecule has 0 aliphatic rings. The number of nitrogens with zero attached hydrogens (tertiary/aromatic N) is 6. The highest BCUT2D eigenvalue weighted by Gasteiger charge is 2.19. The fourth-order valence-electron chi connectivity index (χ4n) is 2.92. The molecule has 1 aromatic carbocycles. The standard InChI is InChI=1S/C18H18BrN7S/c1-12-3-5-14(6-4-12)9-24-11-16(8-20-24)26-17(22-23-18(26)27)13(2)25-10-15(19)7-21-25/h3-8,10-11,13H,9H2,1-2H3,(H,23,27)/t13-/m1/s1. The molecule has 4 aromatic rings. The summed E-state index contributed by atoms with van der Waals surface area (Å²) in [4.78, 5) is 0. The molecule has 0 saturated heterocycles. The summed E-state index contributed by atoms with van der Waals surface area (Å²) in [5, 5.41) is 16.1. The summed E-state index contributed by atoms with van der Waals surface area (Å²) < 4.78 is 7.07. The summed E-state index contributed by atoms with van der Waals surface area (Å²) >= 11 is 8.88. The fraction of sp³-hybridized carbons (Fsp3) is 0.222. The van der Waals surface area contributed by atoms with E-state index in [2.05, 4.69) is 67.5 Å². The Balaban J connectivity index is 1.64. The highest BCUT2D eigenvalue weighted by atomic mass is 79.9. The number of halogens is 1. The van der Waals surface area contributed by atoms with Gasteiger partial charge in [0, 0.05) is 12.4 Å². The molecule has 1 N–H and O–H groups in total. The second kappa shape index (κ2) is 7.24. The van der Waals surface area contributed by atoms with Gasteiger partial charge < -0.3 is 0 Å². The van der Waals surface area contributed by atoms with Gasteiger partial charge in [0.05, 0.1) is 29.1 Å². The van der Waals surface area contributed by atoms with E-state index < -0.39 is 0 Å². The van der Waals surface area contributed by atoms with Crippen LogP contribution in [0.1, 0.15) is 29.9 Å². The second-order valence-electron chi connectivity index (χ2n) is 6.42. The Morgan fingerprint density at radius 1 is 1.15 bits per heavy atom. The second-order valence-corrected chi connectivity index (χ2v) is 7.72. The van der Waals surface area contributed by atoms with Gasteiger partial charge in [0.25, 0.3) is 0 Å². The molecule has 0 fully saturated rings. The number of H-pyrrole nitrogens is 1. The van der Waals surface area contributed by atoms with Crippen molar-refractivity contribution in [2.45, 2.75) is 26.4 Å². The van der Waals surface area contributed by atoms with Gasteiger partial charge in [-0.1, -0.05) is 29.8 Å². The summed E-state index contributed by atoms with van der Waals surface area (Å²) in [6.07, 6.45) is 7.43. The molecule has 0 aliphatic heterocycles. The Morgan fingerprint density at radius 3 is 2.63 bits per heavy atom. The van der Waals surface area contributed by atoms with Crippen LogP contribution in [0.2, 0.25) is 0 Å². The van der Waals surface area contributed by atoms with Crippen LogP contribution >= 0.6 is 28.1 Å². The molecule has 0 bridgehead atoms. The highest BCUT2D eigenvalue weighted by Crippen LogP contribution is 2.21. The molecule has 3 aromatic heterocycles. The summed E-state index contributed by atoms with van der Waals surface area (Å²) in [7, 11) is 0. The van der Waals surface area contributed by atoms with Gasteiger partial charge in [-0.15, -0.1) is 0 Å². The molecule has 4 rings (SSSR count). The van der Waals surface area contributed by atoms with E-state index in [0.29, 0.717) is 11.3 Å². The maximum atomic E-state index is 5.45. The lowest BCUT2D eigenvalue weighted by molar-refractivity contribution is 0.527. The van der Waals surface area contributed by atoms with Gasteiger partial charge in [0.15, 0.2) is 10.6 Å². The Morgan fingerprint density at radius 2 is 1.93 bits per heavy atom. The molecule has 1 atom stereocenters. The van der Waals surface area contributed by atoms with Crippen molar-refractivity contribution in [1.29, 1.82) is 0 Å².